The van der Waals surface area contributed by atoms with Crippen molar-refractivity contribution < 1.29 is 14.7 Å². The van der Waals surface area contributed by atoms with Gasteiger partial charge in [0.25, 0.3) is 0 Å². The maximum atomic E-state index is 12.2. The molecule has 0 radical (unpaired) electrons. The summed E-state index contributed by atoms with van der Waals surface area (Å²) >= 11 is 0. The number of aromatic amines is 1. The van der Waals surface area contributed by atoms with Crippen LogP contribution in [0.5, 0.6) is 0 Å². The van der Waals surface area contributed by atoms with E-state index in [1.54, 1.807) is 48.7 Å². The second-order valence-corrected chi connectivity index (χ2v) is 6.11. The van der Waals surface area contributed by atoms with Crippen LogP contribution in [0.15, 0.2) is 67.3 Å². The Morgan fingerprint density at radius 2 is 1.97 bits per heavy atom. The molecule has 3 N–H and O–H groups in total. The number of nitrogens with zero attached hydrogens (tertiary/aromatic N) is 3. The molecule has 0 fully saturated rings. The maximum absolute atomic E-state index is 12.2. The number of carboxylic acids is 1. The third-order valence-corrected chi connectivity index (χ3v) is 4.20. The molecule has 0 aliphatic rings. The number of carbonyl (C=O) groups excluding carboxylic acids is 1. The number of aromatic nitrogens is 4. The number of hydrogen-bond donors (Lipinski definition) is 3. The van der Waals surface area contributed by atoms with Gasteiger partial charge in [0, 0.05) is 29.7 Å². The fourth-order valence-corrected chi connectivity index (χ4v) is 2.91. The second kappa shape index (κ2) is 7.73. The first-order valence-electron chi connectivity index (χ1n) is 8.68. The van der Waals surface area contributed by atoms with E-state index in [1.807, 2.05) is 6.07 Å². The summed E-state index contributed by atoms with van der Waals surface area (Å²) in [5, 5.41) is 12.6. The second-order valence-electron chi connectivity index (χ2n) is 6.11. The fourth-order valence-electron chi connectivity index (χ4n) is 2.91. The predicted molar refractivity (Wildman–Crippen MR) is 108 cm³/mol. The van der Waals surface area contributed by atoms with E-state index in [2.05, 4.69) is 25.3 Å². The average Bonchev–Trinajstić information content (AvgIpc) is 3.18. The van der Waals surface area contributed by atoms with E-state index in [4.69, 9.17) is 0 Å². The minimum atomic E-state index is -1.07. The van der Waals surface area contributed by atoms with Crippen LogP contribution >= 0.6 is 0 Å². The summed E-state index contributed by atoms with van der Waals surface area (Å²) in [6.07, 6.45) is 7.41. The van der Waals surface area contributed by atoms with Crippen LogP contribution < -0.4 is 5.32 Å². The Kier molecular flexibility index (Phi) is 4.81. The number of benzene rings is 1. The van der Waals surface area contributed by atoms with Crippen LogP contribution in [-0.2, 0) is 4.79 Å². The Morgan fingerprint density at radius 3 is 2.76 bits per heavy atom. The summed E-state index contributed by atoms with van der Waals surface area (Å²) in [5.74, 6) is -1.38. The number of fused-ring (bicyclic) bond motifs is 1. The molecule has 0 bridgehead atoms. The molecular formula is C21H15N5O3. The first kappa shape index (κ1) is 18.1. The lowest BCUT2D eigenvalue weighted by atomic mass is 10.1. The molecule has 3 heterocycles. The van der Waals surface area contributed by atoms with Gasteiger partial charge in [-0.25, -0.2) is 14.8 Å². The summed E-state index contributed by atoms with van der Waals surface area (Å²) in [6, 6.07) is 12.4. The number of aromatic carboxylic acids is 1. The lowest BCUT2D eigenvalue weighted by Crippen LogP contribution is -2.07. The smallest absolute Gasteiger partial charge is 0.338 e. The number of carboxylic acid groups (broad SMARTS) is 1. The van der Waals surface area contributed by atoms with Crippen LogP contribution in [0.4, 0.5) is 5.69 Å². The molecule has 1 aromatic carbocycles. The average molecular weight is 385 g/mol. The van der Waals surface area contributed by atoms with E-state index in [0.717, 1.165) is 0 Å². The zero-order valence-corrected chi connectivity index (χ0v) is 15.0. The minimum Gasteiger partial charge on any atom is -0.478 e. The van der Waals surface area contributed by atoms with Crippen molar-refractivity contribution >= 4 is 34.7 Å². The molecule has 4 rings (SSSR count). The molecule has 1 amide bonds. The van der Waals surface area contributed by atoms with Crippen molar-refractivity contribution in [3.8, 4) is 11.3 Å². The van der Waals surface area contributed by atoms with Crippen LogP contribution in [0.25, 0.3) is 28.4 Å². The number of anilines is 1. The molecule has 0 spiro atoms. The Hall–Kier alpha value is -4.33. The standard InChI is InChI=1S/C21H15N5O3/c27-17(8-7-14-5-1-2-9-22-14)26-15-6-3-4-13(10-15)19-18-16(21(28)29)11-23-20(18)25-12-24-19/h1-12H,(H,26,27)(H,28,29)(H,23,24,25)/b8-7+. The van der Waals surface area contributed by atoms with Crippen LogP contribution in [0.1, 0.15) is 16.1 Å². The molecule has 0 atom stereocenters. The molecule has 142 valence electrons. The number of H-pyrrole nitrogens is 1. The van der Waals surface area contributed by atoms with Gasteiger partial charge in [-0.1, -0.05) is 18.2 Å². The zero-order chi connectivity index (χ0) is 20.2. The number of nitrogens with one attached hydrogen (secondary N) is 2. The van der Waals surface area contributed by atoms with E-state index in [9.17, 15) is 14.7 Å². The topological polar surface area (TPSA) is 121 Å². The van der Waals surface area contributed by atoms with E-state index >= 15 is 0 Å². The molecule has 0 unspecified atom stereocenters. The quantitative estimate of drug-likeness (QED) is 0.453. The van der Waals surface area contributed by atoms with Crippen molar-refractivity contribution in [1.82, 2.24) is 19.9 Å². The molecule has 8 nitrogen and oxygen atoms in total. The van der Waals surface area contributed by atoms with E-state index in [1.165, 1.54) is 18.6 Å². The van der Waals surface area contributed by atoms with Crippen molar-refractivity contribution in [3.63, 3.8) is 0 Å². The van der Waals surface area contributed by atoms with Crippen LogP contribution in [-0.4, -0.2) is 36.9 Å². The molecule has 0 saturated heterocycles. The highest BCUT2D eigenvalue weighted by molar-refractivity contribution is 6.08. The Bertz CT molecular complexity index is 1230. The highest BCUT2D eigenvalue weighted by Gasteiger charge is 2.17. The van der Waals surface area contributed by atoms with Gasteiger partial charge in [-0.3, -0.25) is 9.78 Å². The molecule has 0 aliphatic heterocycles. The zero-order valence-electron chi connectivity index (χ0n) is 15.0. The predicted octanol–water partition coefficient (Wildman–Crippen LogP) is 3.37. The van der Waals surface area contributed by atoms with E-state index < -0.39 is 5.97 Å². The summed E-state index contributed by atoms with van der Waals surface area (Å²) in [7, 11) is 0. The van der Waals surface area contributed by atoms with Gasteiger partial charge in [0.15, 0.2) is 0 Å². The van der Waals surface area contributed by atoms with Crippen LogP contribution in [0, 0.1) is 0 Å². The molecule has 0 saturated carbocycles. The third-order valence-electron chi connectivity index (χ3n) is 4.20. The number of pyridine rings is 1. The number of carbonyl (C=O) groups is 2. The highest BCUT2D eigenvalue weighted by Crippen LogP contribution is 2.29. The first-order valence-corrected chi connectivity index (χ1v) is 8.68. The minimum absolute atomic E-state index is 0.0864. The van der Waals surface area contributed by atoms with Crippen molar-refractivity contribution in [2.24, 2.45) is 0 Å². The lowest BCUT2D eigenvalue weighted by molar-refractivity contribution is -0.111. The van der Waals surface area contributed by atoms with Gasteiger partial charge in [0.1, 0.15) is 12.0 Å². The fraction of sp³-hybridized carbons (Fsp3) is 0. The number of rotatable bonds is 5. The molecule has 8 heteroatoms. The normalized spacial score (nSPS) is 11.0. The van der Waals surface area contributed by atoms with Gasteiger partial charge in [0.2, 0.25) is 5.91 Å². The summed E-state index contributed by atoms with van der Waals surface area (Å²) in [5.41, 5.74) is 2.87. The van der Waals surface area contributed by atoms with Crippen molar-refractivity contribution in [3.05, 3.63) is 78.5 Å². The van der Waals surface area contributed by atoms with Crippen molar-refractivity contribution in [2.75, 3.05) is 5.32 Å². The van der Waals surface area contributed by atoms with Crippen molar-refractivity contribution in [1.29, 1.82) is 0 Å². The Balaban J connectivity index is 1.62. The Morgan fingerprint density at radius 1 is 1.07 bits per heavy atom. The number of amides is 1. The van der Waals surface area contributed by atoms with E-state index in [-0.39, 0.29) is 11.5 Å². The largest absolute Gasteiger partial charge is 0.478 e. The van der Waals surface area contributed by atoms with Crippen LogP contribution in [0.2, 0.25) is 0 Å². The van der Waals surface area contributed by atoms with Crippen LogP contribution in [0.3, 0.4) is 0 Å². The first-order chi connectivity index (χ1) is 14.1. The van der Waals surface area contributed by atoms with Gasteiger partial charge >= 0.3 is 5.97 Å². The van der Waals surface area contributed by atoms with Gasteiger partial charge in [-0.15, -0.1) is 0 Å². The van der Waals surface area contributed by atoms with Gasteiger partial charge in [-0.05, 0) is 30.3 Å². The van der Waals surface area contributed by atoms with Gasteiger partial charge in [0.05, 0.1) is 22.3 Å². The maximum Gasteiger partial charge on any atom is 0.338 e. The number of hydrogen-bond acceptors (Lipinski definition) is 5. The van der Waals surface area contributed by atoms with Crippen molar-refractivity contribution in [2.45, 2.75) is 0 Å². The summed E-state index contributed by atoms with van der Waals surface area (Å²) < 4.78 is 0. The molecule has 29 heavy (non-hydrogen) atoms. The molecule has 3 aromatic heterocycles. The van der Waals surface area contributed by atoms with Gasteiger partial charge < -0.3 is 15.4 Å². The Labute approximate surface area is 165 Å². The molecular weight excluding hydrogens is 370 g/mol. The highest BCUT2D eigenvalue weighted by atomic mass is 16.4. The third kappa shape index (κ3) is 3.86. The summed E-state index contributed by atoms with van der Waals surface area (Å²) in [6.45, 7) is 0. The lowest BCUT2D eigenvalue weighted by Gasteiger charge is -2.07. The summed E-state index contributed by atoms with van der Waals surface area (Å²) in [4.78, 5) is 39.0. The molecule has 4 aromatic rings. The van der Waals surface area contributed by atoms with Gasteiger partial charge in [-0.2, -0.15) is 0 Å². The molecule has 0 aliphatic carbocycles. The monoisotopic (exact) mass is 385 g/mol. The van der Waals surface area contributed by atoms with E-state index in [0.29, 0.717) is 33.7 Å². The SMILES string of the molecule is O=C(/C=C/c1ccccn1)Nc1cccc(-c2ncnc3[nH]cc(C(=O)O)c23)c1.